The average Bonchev–Trinajstić information content (AvgIpc) is 2.94. The Balaban J connectivity index is 2.07. The maximum atomic E-state index is 12.3. The monoisotopic (exact) mass is 261 g/mol. The summed E-state index contributed by atoms with van der Waals surface area (Å²) < 4.78 is 5.43. The normalized spacial score (nSPS) is 17.3. The first-order chi connectivity index (χ1) is 9.33. The van der Waals surface area contributed by atoms with Crippen molar-refractivity contribution in [1.29, 1.82) is 0 Å². The number of ether oxygens (including phenoxy) is 1. The van der Waals surface area contributed by atoms with Gasteiger partial charge in [-0.1, -0.05) is 43.7 Å². The van der Waals surface area contributed by atoms with Gasteiger partial charge in [0.1, 0.15) is 6.04 Å². The molecule has 1 saturated heterocycles. The highest BCUT2D eigenvalue weighted by Crippen LogP contribution is 2.26. The summed E-state index contributed by atoms with van der Waals surface area (Å²) in [6.45, 7) is 4.61. The Morgan fingerprint density at radius 3 is 2.58 bits per heavy atom. The van der Waals surface area contributed by atoms with Gasteiger partial charge < -0.3 is 4.74 Å². The Morgan fingerprint density at radius 2 is 1.95 bits per heavy atom. The zero-order valence-corrected chi connectivity index (χ0v) is 11.7. The first-order valence-electron chi connectivity index (χ1n) is 7.28. The lowest BCUT2D eigenvalue weighted by Crippen LogP contribution is -2.33. The average molecular weight is 261 g/mol. The second-order valence-electron chi connectivity index (χ2n) is 5.08. The molecule has 3 nitrogen and oxygen atoms in total. The highest BCUT2D eigenvalue weighted by molar-refractivity contribution is 5.77. The van der Waals surface area contributed by atoms with Gasteiger partial charge in [0, 0.05) is 0 Å². The van der Waals surface area contributed by atoms with Gasteiger partial charge in [0.15, 0.2) is 0 Å². The van der Waals surface area contributed by atoms with E-state index in [4.69, 9.17) is 4.74 Å². The van der Waals surface area contributed by atoms with Gasteiger partial charge in [0.05, 0.1) is 6.61 Å². The second kappa shape index (κ2) is 7.29. The zero-order chi connectivity index (χ0) is 13.5. The molecule has 3 heteroatoms. The fraction of sp³-hybridized carbons (Fsp3) is 0.562. The van der Waals surface area contributed by atoms with Crippen molar-refractivity contribution in [3.8, 4) is 0 Å². The second-order valence-corrected chi connectivity index (χ2v) is 5.08. The molecule has 1 fully saturated rings. The number of nitrogens with zero attached hydrogens (tertiary/aromatic N) is 1. The van der Waals surface area contributed by atoms with Crippen LogP contribution in [-0.4, -0.2) is 30.6 Å². The fourth-order valence-corrected chi connectivity index (χ4v) is 2.53. The van der Waals surface area contributed by atoms with E-state index in [1.165, 1.54) is 12.8 Å². The van der Waals surface area contributed by atoms with Crippen LogP contribution in [0.25, 0.3) is 0 Å². The van der Waals surface area contributed by atoms with Crippen LogP contribution in [0.5, 0.6) is 0 Å². The third-order valence-corrected chi connectivity index (χ3v) is 3.59. The first kappa shape index (κ1) is 14.1. The maximum absolute atomic E-state index is 12.3. The SMILES string of the molecule is CCCCOC(=O)C(c1ccccc1)N1CCCC1. The first-order valence-corrected chi connectivity index (χ1v) is 7.28. The Morgan fingerprint density at radius 1 is 1.26 bits per heavy atom. The predicted molar refractivity (Wildman–Crippen MR) is 75.9 cm³/mol. The summed E-state index contributed by atoms with van der Waals surface area (Å²) >= 11 is 0. The van der Waals surface area contributed by atoms with Gasteiger partial charge in [-0.25, -0.2) is 4.79 Å². The molecule has 0 N–H and O–H groups in total. The van der Waals surface area contributed by atoms with Crippen LogP contribution in [-0.2, 0) is 9.53 Å². The van der Waals surface area contributed by atoms with Gasteiger partial charge in [0.25, 0.3) is 0 Å². The van der Waals surface area contributed by atoms with Crippen molar-refractivity contribution in [2.24, 2.45) is 0 Å². The highest BCUT2D eigenvalue weighted by Gasteiger charge is 2.30. The predicted octanol–water partition coefficient (Wildman–Crippen LogP) is 3.17. The topological polar surface area (TPSA) is 29.5 Å². The number of carbonyl (C=O) groups excluding carboxylic acids is 1. The molecule has 1 heterocycles. The van der Waals surface area contributed by atoms with Gasteiger partial charge in [-0.2, -0.15) is 0 Å². The Bertz CT molecular complexity index is 385. The van der Waals surface area contributed by atoms with Crippen molar-refractivity contribution in [3.63, 3.8) is 0 Å². The molecule has 0 radical (unpaired) electrons. The van der Waals surface area contributed by atoms with Crippen molar-refractivity contribution in [3.05, 3.63) is 35.9 Å². The minimum atomic E-state index is -0.222. The Hall–Kier alpha value is -1.35. The lowest BCUT2D eigenvalue weighted by atomic mass is 10.1. The lowest BCUT2D eigenvalue weighted by Gasteiger charge is -2.26. The Labute approximate surface area is 115 Å². The number of likely N-dealkylation sites (tertiary alicyclic amines) is 1. The summed E-state index contributed by atoms with van der Waals surface area (Å²) in [5, 5.41) is 0. The van der Waals surface area contributed by atoms with Crippen LogP contribution in [0.3, 0.4) is 0 Å². The van der Waals surface area contributed by atoms with E-state index in [0.29, 0.717) is 6.61 Å². The molecular weight excluding hydrogens is 238 g/mol. The molecule has 1 aromatic rings. The summed E-state index contributed by atoms with van der Waals surface area (Å²) in [6.07, 6.45) is 4.33. The molecule has 104 valence electrons. The van der Waals surface area contributed by atoms with E-state index < -0.39 is 0 Å². The number of esters is 1. The largest absolute Gasteiger partial charge is 0.464 e. The fourth-order valence-electron chi connectivity index (χ4n) is 2.53. The Kier molecular flexibility index (Phi) is 5.40. The molecule has 0 bridgehead atoms. The van der Waals surface area contributed by atoms with E-state index in [2.05, 4.69) is 11.8 Å². The highest BCUT2D eigenvalue weighted by atomic mass is 16.5. The van der Waals surface area contributed by atoms with Gasteiger partial charge >= 0.3 is 5.97 Å². The van der Waals surface area contributed by atoms with Crippen molar-refractivity contribution in [2.45, 2.75) is 38.6 Å². The van der Waals surface area contributed by atoms with E-state index in [1.54, 1.807) is 0 Å². The third kappa shape index (κ3) is 3.80. The zero-order valence-electron chi connectivity index (χ0n) is 11.7. The number of carbonyl (C=O) groups is 1. The number of rotatable bonds is 6. The van der Waals surface area contributed by atoms with Crippen LogP contribution in [0.2, 0.25) is 0 Å². The smallest absolute Gasteiger partial charge is 0.328 e. The molecule has 0 aromatic heterocycles. The number of benzene rings is 1. The van der Waals surface area contributed by atoms with E-state index in [0.717, 1.165) is 31.5 Å². The van der Waals surface area contributed by atoms with Crippen LogP contribution in [0.15, 0.2) is 30.3 Å². The van der Waals surface area contributed by atoms with Crippen molar-refractivity contribution < 1.29 is 9.53 Å². The molecule has 1 aliphatic heterocycles. The van der Waals surface area contributed by atoms with Crippen LogP contribution < -0.4 is 0 Å². The molecule has 1 unspecified atom stereocenters. The molecule has 0 amide bonds. The van der Waals surface area contributed by atoms with Crippen molar-refractivity contribution >= 4 is 5.97 Å². The van der Waals surface area contributed by atoms with Gasteiger partial charge in [-0.3, -0.25) is 4.90 Å². The van der Waals surface area contributed by atoms with Crippen molar-refractivity contribution in [1.82, 2.24) is 4.90 Å². The molecule has 19 heavy (non-hydrogen) atoms. The standard InChI is InChI=1S/C16H23NO2/c1-2-3-13-19-16(18)15(17-11-7-8-12-17)14-9-5-4-6-10-14/h4-6,9-10,15H,2-3,7-8,11-13H2,1H3. The molecule has 1 aliphatic rings. The van der Waals surface area contributed by atoms with E-state index in [9.17, 15) is 4.79 Å². The number of unbranched alkanes of at least 4 members (excludes halogenated alkanes) is 1. The van der Waals surface area contributed by atoms with Gasteiger partial charge in [0.2, 0.25) is 0 Å². The molecule has 2 rings (SSSR count). The van der Waals surface area contributed by atoms with Crippen LogP contribution in [0, 0.1) is 0 Å². The molecule has 1 atom stereocenters. The molecular formula is C16H23NO2. The quantitative estimate of drug-likeness (QED) is 0.582. The van der Waals surface area contributed by atoms with Crippen LogP contribution in [0.1, 0.15) is 44.2 Å². The number of hydrogen-bond donors (Lipinski definition) is 0. The van der Waals surface area contributed by atoms with Gasteiger partial charge in [-0.05, 0) is 37.9 Å². The summed E-state index contributed by atoms with van der Waals surface area (Å²) in [4.78, 5) is 14.6. The molecule has 1 aromatic carbocycles. The summed E-state index contributed by atoms with van der Waals surface area (Å²) in [5.41, 5.74) is 1.05. The van der Waals surface area contributed by atoms with Gasteiger partial charge in [-0.15, -0.1) is 0 Å². The minimum Gasteiger partial charge on any atom is -0.464 e. The molecule has 0 spiro atoms. The summed E-state index contributed by atoms with van der Waals surface area (Å²) in [6, 6.07) is 9.76. The number of hydrogen-bond acceptors (Lipinski definition) is 3. The maximum Gasteiger partial charge on any atom is 0.328 e. The summed E-state index contributed by atoms with van der Waals surface area (Å²) in [7, 11) is 0. The van der Waals surface area contributed by atoms with E-state index in [1.807, 2.05) is 30.3 Å². The van der Waals surface area contributed by atoms with Crippen molar-refractivity contribution in [2.75, 3.05) is 19.7 Å². The summed E-state index contributed by atoms with van der Waals surface area (Å²) in [5.74, 6) is -0.0958. The minimum absolute atomic E-state index is 0.0958. The molecule has 0 saturated carbocycles. The van der Waals surface area contributed by atoms with E-state index in [-0.39, 0.29) is 12.0 Å². The lowest BCUT2D eigenvalue weighted by molar-refractivity contribution is -0.150. The van der Waals surface area contributed by atoms with Crippen LogP contribution >= 0.6 is 0 Å². The third-order valence-electron chi connectivity index (χ3n) is 3.59. The molecule has 0 aliphatic carbocycles. The van der Waals surface area contributed by atoms with E-state index >= 15 is 0 Å². The van der Waals surface area contributed by atoms with Crippen LogP contribution in [0.4, 0.5) is 0 Å².